The van der Waals surface area contributed by atoms with Gasteiger partial charge in [0.25, 0.3) is 10.0 Å². The number of nitrogens with one attached hydrogen (secondary N) is 1. The van der Waals surface area contributed by atoms with E-state index in [1.54, 1.807) is 32.0 Å². The van der Waals surface area contributed by atoms with Gasteiger partial charge in [0, 0.05) is 12.6 Å². The minimum Gasteiger partial charge on any atom is -0.352 e. The molecule has 232 valence electrons. The van der Waals surface area contributed by atoms with Crippen molar-refractivity contribution in [2.45, 2.75) is 77.2 Å². The molecule has 0 aliphatic heterocycles. The number of nitrogens with zero attached hydrogens (tertiary/aromatic N) is 2. The van der Waals surface area contributed by atoms with E-state index in [-0.39, 0.29) is 29.6 Å². The number of carbonyl (C=O) groups excluding carboxylic acids is 2. The van der Waals surface area contributed by atoms with E-state index in [9.17, 15) is 31.2 Å². The number of hydrogen-bond donors (Lipinski definition) is 1. The molecule has 0 aromatic heterocycles. The van der Waals surface area contributed by atoms with Crippen molar-refractivity contribution >= 4 is 27.5 Å². The van der Waals surface area contributed by atoms with E-state index in [1.807, 2.05) is 39.0 Å². The van der Waals surface area contributed by atoms with E-state index >= 15 is 0 Å². The smallest absolute Gasteiger partial charge is 0.352 e. The van der Waals surface area contributed by atoms with Crippen molar-refractivity contribution in [3.63, 3.8) is 0 Å². The predicted molar refractivity (Wildman–Crippen MR) is 161 cm³/mol. The summed E-state index contributed by atoms with van der Waals surface area (Å²) in [6, 6.07) is 15.8. The van der Waals surface area contributed by atoms with Crippen LogP contribution >= 0.6 is 0 Å². The van der Waals surface area contributed by atoms with Crippen LogP contribution in [0.25, 0.3) is 0 Å². The van der Waals surface area contributed by atoms with Crippen molar-refractivity contribution in [2.75, 3.05) is 10.8 Å². The van der Waals surface area contributed by atoms with E-state index < -0.39 is 46.2 Å². The first-order valence-electron chi connectivity index (χ1n) is 14.1. The van der Waals surface area contributed by atoms with Crippen LogP contribution in [0.2, 0.25) is 0 Å². The number of rotatable bonds is 12. The molecule has 3 rings (SSSR count). The average Bonchev–Trinajstić information content (AvgIpc) is 2.96. The monoisotopic (exact) mass is 617 g/mol. The second-order valence-electron chi connectivity index (χ2n) is 10.6. The lowest BCUT2D eigenvalue weighted by molar-refractivity contribution is -0.140. The third kappa shape index (κ3) is 8.37. The lowest BCUT2D eigenvalue weighted by atomic mass is 10.1. The topological polar surface area (TPSA) is 86.8 Å². The Morgan fingerprint density at radius 3 is 2.14 bits per heavy atom. The van der Waals surface area contributed by atoms with Crippen molar-refractivity contribution < 1.29 is 31.2 Å². The highest BCUT2D eigenvalue weighted by Gasteiger charge is 2.36. The zero-order valence-corrected chi connectivity index (χ0v) is 25.8. The summed E-state index contributed by atoms with van der Waals surface area (Å²) >= 11 is 0. The van der Waals surface area contributed by atoms with Crippen molar-refractivity contribution in [2.24, 2.45) is 0 Å². The van der Waals surface area contributed by atoms with Gasteiger partial charge in [0.1, 0.15) is 12.6 Å². The number of aryl methyl sites for hydroxylation is 2. The van der Waals surface area contributed by atoms with E-state index in [1.165, 1.54) is 23.1 Å². The molecule has 43 heavy (non-hydrogen) atoms. The SMILES string of the molecule is CCC(C)NC(=O)C(CC)N(Cc1ccccc1C)C(=O)CN(c1cccc(C(F)(F)F)c1)S(=O)(=O)c1ccc(C)cc1. The number of benzene rings is 3. The number of sulfonamides is 1. The number of carbonyl (C=O) groups is 2. The van der Waals surface area contributed by atoms with Gasteiger partial charge in [0.05, 0.1) is 16.1 Å². The molecule has 2 atom stereocenters. The molecule has 0 bridgehead atoms. The zero-order valence-electron chi connectivity index (χ0n) is 25.0. The lowest BCUT2D eigenvalue weighted by Gasteiger charge is -2.34. The van der Waals surface area contributed by atoms with Crippen LogP contribution in [0.15, 0.2) is 77.7 Å². The van der Waals surface area contributed by atoms with Gasteiger partial charge in [-0.3, -0.25) is 13.9 Å². The van der Waals surface area contributed by atoms with Gasteiger partial charge in [-0.05, 0) is 75.1 Å². The molecule has 0 saturated carbocycles. The number of hydrogen-bond acceptors (Lipinski definition) is 4. The summed E-state index contributed by atoms with van der Waals surface area (Å²) in [6.07, 6.45) is -3.85. The first kappa shape index (κ1) is 33.6. The second-order valence-corrected chi connectivity index (χ2v) is 12.4. The Morgan fingerprint density at radius 2 is 1.56 bits per heavy atom. The largest absolute Gasteiger partial charge is 0.416 e. The van der Waals surface area contributed by atoms with E-state index in [4.69, 9.17) is 0 Å². The quantitative estimate of drug-likeness (QED) is 0.261. The fourth-order valence-corrected chi connectivity index (χ4v) is 5.94. The van der Waals surface area contributed by atoms with Gasteiger partial charge in [0.2, 0.25) is 11.8 Å². The van der Waals surface area contributed by atoms with Crippen molar-refractivity contribution in [1.29, 1.82) is 0 Å². The molecule has 11 heteroatoms. The molecule has 7 nitrogen and oxygen atoms in total. The van der Waals surface area contributed by atoms with Crippen LogP contribution in [0.4, 0.5) is 18.9 Å². The van der Waals surface area contributed by atoms with Crippen LogP contribution in [-0.4, -0.2) is 43.8 Å². The van der Waals surface area contributed by atoms with E-state index in [0.717, 1.165) is 28.8 Å². The van der Waals surface area contributed by atoms with Crippen LogP contribution in [-0.2, 0) is 32.3 Å². The predicted octanol–water partition coefficient (Wildman–Crippen LogP) is 6.24. The van der Waals surface area contributed by atoms with Crippen molar-refractivity contribution in [3.05, 3.63) is 95.1 Å². The summed E-state index contributed by atoms with van der Waals surface area (Å²) in [4.78, 5) is 28.6. The molecule has 2 unspecified atom stereocenters. The fourth-order valence-electron chi connectivity index (χ4n) is 4.54. The van der Waals surface area contributed by atoms with Gasteiger partial charge >= 0.3 is 6.18 Å². The molecule has 0 saturated heterocycles. The minimum absolute atomic E-state index is 0.00104. The Bertz CT molecular complexity index is 1530. The molecule has 0 aliphatic rings. The number of anilines is 1. The highest BCUT2D eigenvalue weighted by Crippen LogP contribution is 2.33. The van der Waals surface area contributed by atoms with Gasteiger partial charge in [-0.25, -0.2) is 8.42 Å². The summed E-state index contributed by atoms with van der Waals surface area (Å²) in [5.41, 5.74) is 1.01. The van der Waals surface area contributed by atoms with Gasteiger partial charge in [-0.2, -0.15) is 13.2 Å². The maximum Gasteiger partial charge on any atom is 0.416 e. The van der Waals surface area contributed by atoms with Crippen LogP contribution in [0.3, 0.4) is 0 Å². The minimum atomic E-state index is -4.74. The van der Waals surface area contributed by atoms with Gasteiger partial charge < -0.3 is 10.2 Å². The molecule has 3 aromatic carbocycles. The lowest BCUT2D eigenvalue weighted by Crippen LogP contribution is -2.53. The Kier molecular flexibility index (Phi) is 11.0. The summed E-state index contributed by atoms with van der Waals surface area (Å²) < 4.78 is 69.5. The highest BCUT2D eigenvalue weighted by molar-refractivity contribution is 7.92. The molecule has 0 spiro atoms. The van der Waals surface area contributed by atoms with E-state index in [0.29, 0.717) is 16.8 Å². The molecule has 0 radical (unpaired) electrons. The molecular formula is C32H38F3N3O4S. The highest BCUT2D eigenvalue weighted by atomic mass is 32.2. The van der Waals surface area contributed by atoms with Crippen LogP contribution < -0.4 is 9.62 Å². The summed E-state index contributed by atoms with van der Waals surface area (Å²) in [6.45, 7) is 8.28. The molecule has 3 aromatic rings. The van der Waals surface area contributed by atoms with Crippen molar-refractivity contribution in [1.82, 2.24) is 10.2 Å². The van der Waals surface area contributed by atoms with Gasteiger partial charge in [-0.15, -0.1) is 0 Å². The Labute approximate surface area is 251 Å². The maximum absolute atomic E-state index is 14.1. The van der Waals surface area contributed by atoms with Crippen LogP contribution in [0, 0.1) is 13.8 Å². The molecule has 0 fully saturated rings. The summed E-state index contributed by atoms with van der Waals surface area (Å²) in [5.74, 6) is -1.13. The molecule has 2 amide bonds. The summed E-state index contributed by atoms with van der Waals surface area (Å²) in [7, 11) is -4.50. The molecular weight excluding hydrogens is 579 g/mol. The van der Waals surface area contributed by atoms with Crippen LogP contribution in [0.5, 0.6) is 0 Å². The average molecular weight is 618 g/mol. The Morgan fingerprint density at radius 1 is 0.907 bits per heavy atom. The van der Waals surface area contributed by atoms with Crippen molar-refractivity contribution in [3.8, 4) is 0 Å². The Hall–Kier alpha value is -3.86. The summed E-state index contributed by atoms with van der Waals surface area (Å²) in [5, 5.41) is 2.90. The van der Waals surface area contributed by atoms with Gasteiger partial charge in [-0.1, -0.05) is 61.9 Å². The third-order valence-electron chi connectivity index (χ3n) is 7.34. The zero-order chi connectivity index (χ0) is 31.9. The molecule has 0 aliphatic carbocycles. The first-order chi connectivity index (χ1) is 20.2. The number of amides is 2. The third-order valence-corrected chi connectivity index (χ3v) is 9.13. The number of alkyl halides is 3. The first-order valence-corrected chi connectivity index (χ1v) is 15.5. The van der Waals surface area contributed by atoms with E-state index in [2.05, 4.69) is 5.32 Å². The van der Waals surface area contributed by atoms with Gasteiger partial charge in [0.15, 0.2) is 0 Å². The normalized spacial score (nSPS) is 13.2. The maximum atomic E-state index is 14.1. The number of halogens is 3. The molecule has 1 N–H and O–H groups in total. The fraction of sp³-hybridized carbons (Fsp3) is 0.375. The standard InChI is InChI=1S/C32H38F3N3O4S/c1-6-24(5)36-31(40)29(7-2)37(20-25-12-9-8-11-23(25)4)30(39)21-38(27-14-10-13-26(19-27)32(33,34)35)43(41,42)28-17-15-22(3)16-18-28/h8-19,24,29H,6-7,20-21H2,1-5H3,(H,36,40). The second kappa shape index (κ2) is 14.1. The van der Waals surface area contributed by atoms with Crippen LogP contribution in [0.1, 0.15) is 55.9 Å². The Balaban J connectivity index is 2.13. The molecule has 0 heterocycles.